The maximum absolute atomic E-state index is 11.4. The number of aliphatic hydroxyl groups is 1. The zero-order valence-electron chi connectivity index (χ0n) is 8.77. The molecule has 0 aromatic carbocycles. The van der Waals surface area contributed by atoms with Gasteiger partial charge in [0.15, 0.2) is 0 Å². The molecular formula is C10H16N2O2S. The highest BCUT2D eigenvalue weighted by molar-refractivity contribution is 7.09. The van der Waals surface area contributed by atoms with E-state index in [1.165, 1.54) is 9.78 Å². The van der Waals surface area contributed by atoms with Crippen LogP contribution in [0.5, 0.6) is 0 Å². The molecule has 1 aromatic rings. The molecule has 1 aromatic heterocycles. The Labute approximate surface area is 93.5 Å². The predicted octanol–water partition coefficient (Wildman–Crippen LogP) is 0.924. The Morgan fingerprint density at radius 1 is 1.67 bits per heavy atom. The number of thiophene rings is 1. The topological polar surface area (TPSA) is 52.6 Å². The molecule has 1 rings (SSSR count). The van der Waals surface area contributed by atoms with Gasteiger partial charge in [0.05, 0.1) is 6.61 Å². The van der Waals surface area contributed by atoms with Gasteiger partial charge in [-0.25, -0.2) is 4.79 Å². The van der Waals surface area contributed by atoms with Crippen LogP contribution in [0.15, 0.2) is 17.5 Å². The molecular weight excluding hydrogens is 212 g/mol. The van der Waals surface area contributed by atoms with Gasteiger partial charge in [0.2, 0.25) is 0 Å². The number of carbonyl (C=O) groups excluding carboxylic acids is 1. The second-order valence-corrected chi connectivity index (χ2v) is 4.24. The van der Waals surface area contributed by atoms with Gasteiger partial charge in [-0.2, -0.15) is 0 Å². The molecule has 2 amide bonds. The molecule has 0 saturated carbocycles. The van der Waals surface area contributed by atoms with Crippen molar-refractivity contribution in [2.45, 2.75) is 6.42 Å². The van der Waals surface area contributed by atoms with Crippen molar-refractivity contribution >= 4 is 17.4 Å². The van der Waals surface area contributed by atoms with Crippen molar-refractivity contribution in [2.24, 2.45) is 0 Å². The monoisotopic (exact) mass is 228 g/mol. The summed E-state index contributed by atoms with van der Waals surface area (Å²) in [6, 6.07) is 3.91. The fourth-order valence-electron chi connectivity index (χ4n) is 1.13. The lowest BCUT2D eigenvalue weighted by Gasteiger charge is -2.16. The molecule has 0 saturated heterocycles. The normalized spacial score (nSPS) is 10.0. The van der Waals surface area contributed by atoms with Crippen molar-refractivity contribution in [1.29, 1.82) is 0 Å². The van der Waals surface area contributed by atoms with Gasteiger partial charge in [-0.15, -0.1) is 11.3 Å². The van der Waals surface area contributed by atoms with E-state index in [9.17, 15) is 4.79 Å². The summed E-state index contributed by atoms with van der Waals surface area (Å²) in [5.41, 5.74) is 0. The minimum Gasteiger partial charge on any atom is -0.395 e. The molecule has 2 N–H and O–H groups in total. The summed E-state index contributed by atoms with van der Waals surface area (Å²) in [6.45, 7) is 0.995. The highest BCUT2D eigenvalue weighted by atomic mass is 32.1. The number of carbonyl (C=O) groups is 1. The van der Waals surface area contributed by atoms with Crippen LogP contribution >= 0.6 is 11.3 Å². The van der Waals surface area contributed by atoms with Crippen LogP contribution in [0, 0.1) is 0 Å². The number of rotatable bonds is 5. The summed E-state index contributed by atoms with van der Waals surface area (Å²) in [5.74, 6) is 0. The van der Waals surface area contributed by atoms with Crippen molar-refractivity contribution in [3.63, 3.8) is 0 Å². The Morgan fingerprint density at radius 2 is 2.47 bits per heavy atom. The minimum atomic E-state index is -0.138. The molecule has 0 spiro atoms. The predicted molar refractivity (Wildman–Crippen MR) is 61.1 cm³/mol. The quantitative estimate of drug-likeness (QED) is 0.787. The first-order chi connectivity index (χ1) is 7.24. The average molecular weight is 228 g/mol. The summed E-state index contributed by atoms with van der Waals surface area (Å²) in [7, 11) is 1.66. The molecule has 5 heteroatoms. The molecule has 0 aliphatic rings. The molecule has 4 nitrogen and oxygen atoms in total. The lowest BCUT2D eigenvalue weighted by Crippen LogP contribution is -2.39. The standard InChI is InChI=1S/C10H16N2O2S/c1-12(6-7-13)10(14)11-5-4-9-3-2-8-15-9/h2-3,8,13H,4-7H2,1H3,(H,11,14). The lowest BCUT2D eigenvalue weighted by atomic mass is 10.3. The summed E-state index contributed by atoms with van der Waals surface area (Å²) >= 11 is 1.69. The highest BCUT2D eigenvalue weighted by Gasteiger charge is 2.05. The number of amides is 2. The molecule has 15 heavy (non-hydrogen) atoms. The fourth-order valence-corrected chi connectivity index (χ4v) is 1.84. The van der Waals surface area contributed by atoms with Crippen LogP contribution in [0.2, 0.25) is 0 Å². The van der Waals surface area contributed by atoms with Gasteiger partial charge in [0.25, 0.3) is 0 Å². The smallest absolute Gasteiger partial charge is 0.317 e. The van der Waals surface area contributed by atoms with E-state index in [4.69, 9.17) is 5.11 Å². The van der Waals surface area contributed by atoms with Crippen LogP contribution in [-0.4, -0.2) is 42.8 Å². The molecule has 0 bridgehead atoms. The number of hydrogen-bond acceptors (Lipinski definition) is 3. The fraction of sp³-hybridized carbons (Fsp3) is 0.500. The van der Waals surface area contributed by atoms with Crippen LogP contribution in [0.25, 0.3) is 0 Å². The highest BCUT2D eigenvalue weighted by Crippen LogP contribution is 2.07. The van der Waals surface area contributed by atoms with E-state index in [-0.39, 0.29) is 12.6 Å². The van der Waals surface area contributed by atoms with Crippen LogP contribution in [0.4, 0.5) is 4.79 Å². The van der Waals surface area contributed by atoms with Gasteiger partial charge in [-0.1, -0.05) is 6.07 Å². The largest absolute Gasteiger partial charge is 0.395 e. The second kappa shape index (κ2) is 6.42. The van der Waals surface area contributed by atoms with E-state index in [2.05, 4.69) is 5.32 Å². The van der Waals surface area contributed by atoms with Gasteiger partial charge in [-0.3, -0.25) is 0 Å². The first-order valence-electron chi connectivity index (χ1n) is 4.86. The van der Waals surface area contributed by atoms with Gasteiger partial charge in [-0.05, 0) is 17.9 Å². The van der Waals surface area contributed by atoms with E-state index in [0.29, 0.717) is 13.1 Å². The third-order valence-electron chi connectivity index (χ3n) is 2.01. The van der Waals surface area contributed by atoms with Crippen molar-refractivity contribution in [2.75, 3.05) is 26.7 Å². The Kier molecular flexibility index (Phi) is 5.14. The summed E-state index contributed by atoms with van der Waals surface area (Å²) in [4.78, 5) is 14.1. The number of hydrogen-bond donors (Lipinski definition) is 2. The van der Waals surface area contributed by atoms with Gasteiger partial charge in [0.1, 0.15) is 0 Å². The Bertz CT molecular complexity index is 288. The molecule has 0 fully saturated rings. The SMILES string of the molecule is CN(CCO)C(=O)NCCc1cccs1. The number of likely N-dealkylation sites (N-methyl/N-ethyl adjacent to an activating group) is 1. The maximum atomic E-state index is 11.4. The number of nitrogens with zero attached hydrogens (tertiary/aromatic N) is 1. The van der Waals surface area contributed by atoms with E-state index in [1.54, 1.807) is 18.4 Å². The third-order valence-corrected chi connectivity index (χ3v) is 2.95. The van der Waals surface area contributed by atoms with Crippen molar-refractivity contribution in [3.05, 3.63) is 22.4 Å². The van der Waals surface area contributed by atoms with Crippen LogP contribution < -0.4 is 5.32 Å². The Hall–Kier alpha value is -1.07. The number of nitrogens with one attached hydrogen (secondary N) is 1. The third kappa shape index (κ3) is 4.31. The van der Waals surface area contributed by atoms with E-state index >= 15 is 0 Å². The molecule has 0 atom stereocenters. The zero-order chi connectivity index (χ0) is 11.1. The minimum absolute atomic E-state index is 0.00511. The zero-order valence-corrected chi connectivity index (χ0v) is 9.59. The summed E-state index contributed by atoms with van der Waals surface area (Å²) in [6.07, 6.45) is 0.858. The first kappa shape index (κ1) is 12.0. The molecule has 0 unspecified atom stereocenters. The summed E-state index contributed by atoms with van der Waals surface area (Å²) < 4.78 is 0. The van der Waals surface area contributed by atoms with E-state index < -0.39 is 0 Å². The lowest BCUT2D eigenvalue weighted by molar-refractivity contribution is 0.190. The first-order valence-corrected chi connectivity index (χ1v) is 5.74. The molecule has 0 radical (unpaired) electrons. The molecule has 0 aliphatic heterocycles. The maximum Gasteiger partial charge on any atom is 0.317 e. The second-order valence-electron chi connectivity index (χ2n) is 3.21. The van der Waals surface area contributed by atoms with E-state index in [1.807, 2.05) is 17.5 Å². The van der Waals surface area contributed by atoms with Crippen LogP contribution in [0.3, 0.4) is 0 Å². The van der Waals surface area contributed by atoms with Crippen LogP contribution in [-0.2, 0) is 6.42 Å². The number of urea groups is 1. The summed E-state index contributed by atoms with van der Waals surface area (Å²) in [5, 5.41) is 13.5. The Balaban J connectivity index is 2.17. The van der Waals surface area contributed by atoms with Crippen molar-refractivity contribution in [1.82, 2.24) is 10.2 Å². The van der Waals surface area contributed by atoms with Gasteiger partial charge in [0, 0.05) is 25.0 Å². The van der Waals surface area contributed by atoms with Crippen molar-refractivity contribution in [3.8, 4) is 0 Å². The van der Waals surface area contributed by atoms with E-state index in [0.717, 1.165) is 6.42 Å². The molecule has 1 heterocycles. The average Bonchev–Trinajstić information content (AvgIpc) is 2.71. The molecule has 84 valence electrons. The van der Waals surface area contributed by atoms with Gasteiger partial charge >= 0.3 is 6.03 Å². The number of aliphatic hydroxyl groups excluding tert-OH is 1. The Morgan fingerprint density at radius 3 is 3.07 bits per heavy atom. The van der Waals surface area contributed by atoms with Crippen molar-refractivity contribution < 1.29 is 9.90 Å². The van der Waals surface area contributed by atoms with Crippen LogP contribution in [0.1, 0.15) is 4.88 Å². The molecule has 0 aliphatic carbocycles. The van der Waals surface area contributed by atoms with Gasteiger partial charge < -0.3 is 15.3 Å².